The summed E-state index contributed by atoms with van der Waals surface area (Å²) in [7, 11) is 0. The van der Waals surface area contributed by atoms with Crippen molar-refractivity contribution in [1.29, 1.82) is 0 Å². The van der Waals surface area contributed by atoms with E-state index in [0.717, 1.165) is 4.88 Å². The first-order chi connectivity index (χ1) is 9.58. The summed E-state index contributed by atoms with van der Waals surface area (Å²) in [6.45, 7) is 0. The van der Waals surface area contributed by atoms with Gasteiger partial charge in [0.05, 0.1) is 24.8 Å². The minimum absolute atomic E-state index is 0.236. The molecule has 7 heteroatoms. The largest absolute Gasteiger partial charge is 0.380 e. The maximum atomic E-state index is 6.23. The van der Waals surface area contributed by atoms with Gasteiger partial charge in [-0.15, -0.1) is 11.3 Å². The van der Waals surface area contributed by atoms with E-state index in [2.05, 4.69) is 5.16 Å². The first-order valence-electron chi connectivity index (χ1n) is 5.53. The summed E-state index contributed by atoms with van der Waals surface area (Å²) in [6.07, 6.45) is 0. The summed E-state index contributed by atoms with van der Waals surface area (Å²) in [5.74, 6) is 0.744. The fraction of sp³-hybridized carbons (Fsp3) is 0. The van der Waals surface area contributed by atoms with E-state index in [1.807, 2.05) is 6.07 Å². The minimum Gasteiger partial charge on any atom is -0.380 e. The van der Waals surface area contributed by atoms with Gasteiger partial charge >= 0.3 is 0 Å². The van der Waals surface area contributed by atoms with E-state index in [9.17, 15) is 0 Å². The normalized spacial score (nSPS) is 10.9. The van der Waals surface area contributed by atoms with Gasteiger partial charge in [-0.1, -0.05) is 46.0 Å². The Morgan fingerprint density at radius 2 is 1.70 bits per heavy atom. The molecule has 3 nitrogen and oxygen atoms in total. The molecule has 0 unspecified atom stereocenters. The molecule has 0 amide bonds. The first kappa shape index (κ1) is 13.8. The highest BCUT2D eigenvalue weighted by atomic mass is 35.5. The van der Waals surface area contributed by atoms with E-state index in [-0.39, 0.29) is 5.82 Å². The van der Waals surface area contributed by atoms with E-state index < -0.39 is 0 Å². The van der Waals surface area contributed by atoms with Crippen molar-refractivity contribution in [2.24, 2.45) is 0 Å². The number of rotatable bonds is 2. The van der Waals surface area contributed by atoms with Crippen LogP contribution in [0.2, 0.25) is 14.4 Å². The molecule has 0 aliphatic heterocycles. The van der Waals surface area contributed by atoms with Crippen molar-refractivity contribution in [1.82, 2.24) is 5.16 Å². The number of aromatic nitrogens is 1. The Hall–Kier alpha value is -1.20. The molecule has 0 radical (unpaired) electrons. The number of anilines is 1. The molecule has 0 fully saturated rings. The van der Waals surface area contributed by atoms with Crippen LogP contribution >= 0.6 is 46.1 Å². The number of nitrogens with two attached hydrogens (primary N) is 1. The molecule has 3 rings (SSSR count). The van der Waals surface area contributed by atoms with E-state index in [1.165, 1.54) is 11.3 Å². The van der Waals surface area contributed by atoms with Gasteiger partial charge in [0, 0.05) is 5.56 Å². The molecule has 2 heterocycles. The van der Waals surface area contributed by atoms with Gasteiger partial charge in [0.15, 0.2) is 11.6 Å². The number of hydrogen-bond donors (Lipinski definition) is 1. The van der Waals surface area contributed by atoms with E-state index in [0.29, 0.717) is 31.3 Å². The third-order valence-corrected chi connectivity index (χ3v) is 4.59. The number of nitrogens with zero attached hydrogens (tertiary/aromatic N) is 1. The van der Waals surface area contributed by atoms with Crippen LogP contribution in [0, 0.1) is 0 Å². The van der Waals surface area contributed by atoms with Gasteiger partial charge in [0.2, 0.25) is 0 Å². The molecule has 0 aliphatic rings. The highest BCUT2D eigenvalue weighted by Crippen LogP contribution is 2.45. The monoisotopic (exact) mass is 344 g/mol. The van der Waals surface area contributed by atoms with Gasteiger partial charge in [-0.3, -0.25) is 0 Å². The maximum Gasteiger partial charge on any atom is 0.187 e. The van der Waals surface area contributed by atoms with Crippen molar-refractivity contribution < 1.29 is 4.52 Å². The second-order valence-corrected chi connectivity index (χ2v) is 6.50. The lowest BCUT2D eigenvalue weighted by Crippen LogP contribution is -1.90. The Kier molecular flexibility index (Phi) is 3.65. The first-order valence-corrected chi connectivity index (χ1v) is 7.48. The Balaban J connectivity index is 2.27. The summed E-state index contributed by atoms with van der Waals surface area (Å²) in [6, 6.07) is 8.85. The van der Waals surface area contributed by atoms with Gasteiger partial charge in [0.1, 0.15) is 0 Å². The topological polar surface area (TPSA) is 52.0 Å². The van der Waals surface area contributed by atoms with Crippen molar-refractivity contribution in [2.45, 2.75) is 0 Å². The Bertz CT molecular complexity index is 762. The standard InChI is InChI=1S/C13H7Cl3N2OS/c14-6-2-1-3-7(15)10(6)11-12(19-18-13(11)17)8-4-5-9(16)20-8/h1-5H,(H2,17,18). The van der Waals surface area contributed by atoms with Crippen molar-refractivity contribution in [3.63, 3.8) is 0 Å². The van der Waals surface area contributed by atoms with Crippen LogP contribution in [0.4, 0.5) is 5.82 Å². The van der Waals surface area contributed by atoms with Crippen LogP contribution in [0.3, 0.4) is 0 Å². The van der Waals surface area contributed by atoms with Gasteiger partial charge in [0.25, 0.3) is 0 Å². The summed E-state index contributed by atoms with van der Waals surface area (Å²) in [5.41, 5.74) is 7.09. The molecule has 0 bridgehead atoms. The maximum absolute atomic E-state index is 6.23. The lowest BCUT2D eigenvalue weighted by Gasteiger charge is -2.06. The van der Waals surface area contributed by atoms with Crippen molar-refractivity contribution in [2.75, 3.05) is 5.73 Å². The highest BCUT2D eigenvalue weighted by Gasteiger charge is 2.23. The molecule has 3 aromatic rings. The number of benzene rings is 1. The molecule has 0 saturated carbocycles. The van der Waals surface area contributed by atoms with Crippen molar-refractivity contribution >= 4 is 52.0 Å². The lowest BCUT2D eigenvalue weighted by molar-refractivity contribution is 0.437. The van der Waals surface area contributed by atoms with Crippen LogP contribution in [0.5, 0.6) is 0 Å². The third kappa shape index (κ3) is 2.29. The Labute approximate surface area is 133 Å². The molecule has 0 spiro atoms. The highest BCUT2D eigenvalue weighted by molar-refractivity contribution is 7.19. The minimum atomic E-state index is 0.236. The Morgan fingerprint density at radius 3 is 2.30 bits per heavy atom. The van der Waals surface area contributed by atoms with Crippen molar-refractivity contribution in [3.05, 3.63) is 44.7 Å². The quantitative estimate of drug-likeness (QED) is 0.656. The summed E-state index contributed by atoms with van der Waals surface area (Å²) in [5, 5.41) is 4.78. The molecule has 20 heavy (non-hydrogen) atoms. The predicted molar refractivity (Wildman–Crippen MR) is 84.7 cm³/mol. The lowest BCUT2D eigenvalue weighted by atomic mass is 10.0. The molecule has 102 valence electrons. The molecule has 2 N–H and O–H groups in total. The summed E-state index contributed by atoms with van der Waals surface area (Å²) in [4.78, 5) is 0.810. The molecule has 0 saturated heterocycles. The van der Waals surface area contributed by atoms with Crippen LogP contribution in [0.1, 0.15) is 0 Å². The SMILES string of the molecule is Nc1noc(-c2ccc(Cl)s2)c1-c1c(Cl)cccc1Cl. The van der Waals surface area contributed by atoms with Crippen LogP contribution < -0.4 is 5.73 Å². The number of hydrogen-bond acceptors (Lipinski definition) is 4. The van der Waals surface area contributed by atoms with Gasteiger partial charge in [-0.2, -0.15) is 0 Å². The van der Waals surface area contributed by atoms with E-state index in [1.54, 1.807) is 24.3 Å². The molecular formula is C13H7Cl3N2OS. The molecule has 0 aliphatic carbocycles. The Morgan fingerprint density at radius 1 is 1.00 bits per heavy atom. The second-order valence-electron chi connectivity index (χ2n) is 3.97. The molecule has 1 aromatic carbocycles. The van der Waals surface area contributed by atoms with E-state index >= 15 is 0 Å². The fourth-order valence-electron chi connectivity index (χ4n) is 1.89. The van der Waals surface area contributed by atoms with Crippen LogP contribution in [-0.2, 0) is 0 Å². The van der Waals surface area contributed by atoms with Crippen LogP contribution in [0.15, 0.2) is 34.9 Å². The number of nitrogen functional groups attached to an aromatic ring is 1. The predicted octanol–water partition coefficient (Wildman–Crippen LogP) is 5.61. The van der Waals surface area contributed by atoms with Crippen LogP contribution in [0.25, 0.3) is 21.8 Å². The van der Waals surface area contributed by atoms with Crippen molar-refractivity contribution in [3.8, 4) is 21.8 Å². The van der Waals surface area contributed by atoms with E-state index in [4.69, 9.17) is 45.1 Å². The van der Waals surface area contributed by atoms with Gasteiger partial charge in [-0.05, 0) is 24.3 Å². The zero-order valence-corrected chi connectivity index (χ0v) is 12.9. The fourth-order valence-corrected chi connectivity index (χ4v) is 3.50. The molecule has 0 atom stereocenters. The summed E-state index contributed by atoms with van der Waals surface area (Å²) >= 11 is 19.8. The van der Waals surface area contributed by atoms with Gasteiger partial charge < -0.3 is 10.3 Å². The average Bonchev–Trinajstić information content (AvgIpc) is 2.97. The molecular weight excluding hydrogens is 339 g/mol. The summed E-state index contributed by atoms with van der Waals surface area (Å²) < 4.78 is 5.96. The smallest absolute Gasteiger partial charge is 0.187 e. The average molecular weight is 346 g/mol. The zero-order chi connectivity index (χ0) is 14.3. The second kappa shape index (κ2) is 5.30. The third-order valence-electron chi connectivity index (χ3n) is 2.73. The van der Waals surface area contributed by atoms with Crippen LogP contribution in [-0.4, -0.2) is 5.16 Å². The van der Waals surface area contributed by atoms with Gasteiger partial charge in [-0.25, -0.2) is 0 Å². The number of halogens is 3. The number of thiophene rings is 1. The molecule has 2 aromatic heterocycles. The zero-order valence-electron chi connectivity index (χ0n) is 9.86.